The molecule has 1 unspecified atom stereocenters. The number of benzene rings is 2. The van der Waals surface area contributed by atoms with Gasteiger partial charge < -0.3 is 9.64 Å². The molecule has 10 heteroatoms. The van der Waals surface area contributed by atoms with Gasteiger partial charge in [-0.2, -0.15) is 0 Å². The highest BCUT2D eigenvalue weighted by atomic mass is 16.6. The number of rotatable bonds is 5. The highest BCUT2D eigenvalue weighted by Crippen LogP contribution is 2.27. The van der Waals surface area contributed by atoms with Crippen LogP contribution in [-0.2, 0) is 9.59 Å². The maximum absolute atomic E-state index is 12.4. The van der Waals surface area contributed by atoms with E-state index in [0.29, 0.717) is 11.4 Å². The Bertz CT molecular complexity index is 977. The van der Waals surface area contributed by atoms with Crippen molar-refractivity contribution in [2.45, 2.75) is 6.42 Å². The summed E-state index contributed by atoms with van der Waals surface area (Å²) in [5.74, 6) is -1.51. The second-order valence-electron chi connectivity index (χ2n) is 6.36. The molecule has 150 valence electrons. The third-order valence-corrected chi connectivity index (χ3v) is 4.48. The molecule has 0 aliphatic carbocycles. The predicted molar refractivity (Wildman–Crippen MR) is 102 cm³/mol. The first-order valence-electron chi connectivity index (χ1n) is 8.68. The van der Waals surface area contributed by atoms with Crippen molar-refractivity contribution in [3.8, 4) is 5.75 Å². The molecular formula is C19H18N4O6. The number of methoxy groups -OCH3 is 1. The molecule has 1 aliphatic heterocycles. The van der Waals surface area contributed by atoms with Crippen LogP contribution < -0.4 is 20.5 Å². The molecule has 3 rings (SSSR count). The average Bonchev–Trinajstić information content (AvgIpc) is 3.13. The zero-order valence-electron chi connectivity index (χ0n) is 15.5. The van der Waals surface area contributed by atoms with Gasteiger partial charge in [-0.3, -0.25) is 35.3 Å². The van der Waals surface area contributed by atoms with E-state index in [9.17, 15) is 24.5 Å². The Balaban J connectivity index is 1.60. The molecule has 2 N–H and O–H groups in total. The van der Waals surface area contributed by atoms with Crippen LogP contribution in [0.4, 0.5) is 11.4 Å². The van der Waals surface area contributed by atoms with Gasteiger partial charge in [-0.1, -0.05) is 12.1 Å². The van der Waals surface area contributed by atoms with Crippen molar-refractivity contribution in [2.75, 3.05) is 18.6 Å². The Morgan fingerprint density at radius 2 is 1.93 bits per heavy atom. The monoisotopic (exact) mass is 398 g/mol. The molecule has 0 aromatic heterocycles. The number of nitrogens with one attached hydrogen (secondary N) is 2. The van der Waals surface area contributed by atoms with Crippen molar-refractivity contribution < 1.29 is 24.0 Å². The number of hydrazine groups is 1. The van der Waals surface area contributed by atoms with Gasteiger partial charge >= 0.3 is 0 Å². The number of hydrogen-bond donors (Lipinski definition) is 2. The highest BCUT2D eigenvalue weighted by molar-refractivity contribution is 6.01. The number of hydrogen-bond acceptors (Lipinski definition) is 6. The summed E-state index contributed by atoms with van der Waals surface area (Å²) >= 11 is 0. The standard InChI is InChI=1S/C19H18N4O6/c1-29-16-7-3-5-14(10-16)22-11-13(9-17(22)24)19(26)21-20-18(25)12-4-2-6-15(8-12)23(27)28/h2-8,10,13H,9,11H2,1H3,(H,20,25)(H,21,26). The molecule has 2 aromatic rings. The summed E-state index contributed by atoms with van der Waals surface area (Å²) in [6.07, 6.45) is -0.00424. The Labute approximate surface area is 165 Å². The van der Waals surface area contributed by atoms with E-state index in [2.05, 4.69) is 10.9 Å². The average molecular weight is 398 g/mol. The summed E-state index contributed by atoms with van der Waals surface area (Å²) in [7, 11) is 1.52. The van der Waals surface area contributed by atoms with Crippen molar-refractivity contribution in [1.29, 1.82) is 0 Å². The highest BCUT2D eigenvalue weighted by Gasteiger charge is 2.35. The third kappa shape index (κ3) is 4.49. The van der Waals surface area contributed by atoms with E-state index < -0.39 is 22.7 Å². The van der Waals surface area contributed by atoms with Crippen molar-refractivity contribution in [3.05, 3.63) is 64.2 Å². The molecule has 0 bridgehead atoms. The van der Waals surface area contributed by atoms with Crippen LogP contribution in [0.15, 0.2) is 48.5 Å². The zero-order valence-corrected chi connectivity index (χ0v) is 15.5. The number of carbonyl (C=O) groups is 3. The second kappa shape index (κ2) is 8.38. The van der Waals surface area contributed by atoms with Gasteiger partial charge in [0, 0.05) is 42.4 Å². The van der Waals surface area contributed by atoms with Crippen molar-refractivity contribution in [3.63, 3.8) is 0 Å². The number of amides is 3. The second-order valence-corrected chi connectivity index (χ2v) is 6.36. The molecule has 2 aromatic carbocycles. The van der Waals surface area contributed by atoms with Crippen LogP contribution in [0.25, 0.3) is 0 Å². The number of nitro groups is 1. The molecule has 0 spiro atoms. The summed E-state index contributed by atoms with van der Waals surface area (Å²) in [6.45, 7) is 0.157. The number of non-ortho nitro benzene ring substituents is 1. The number of nitro benzene ring substituents is 1. The molecule has 0 saturated carbocycles. The quantitative estimate of drug-likeness (QED) is 0.578. The molecular weight excluding hydrogens is 380 g/mol. The minimum atomic E-state index is -0.698. The first-order chi connectivity index (χ1) is 13.9. The van der Waals surface area contributed by atoms with E-state index in [4.69, 9.17) is 4.74 Å². The zero-order chi connectivity index (χ0) is 21.0. The summed E-state index contributed by atoms with van der Waals surface area (Å²) in [5, 5.41) is 10.8. The van der Waals surface area contributed by atoms with E-state index in [1.54, 1.807) is 24.3 Å². The van der Waals surface area contributed by atoms with Gasteiger partial charge in [0.15, 0.2) is 0 Å². The van der Waals surface area contributed by atoms with Gasteiger partial charge in [0.2, 0.25) is 11.8 Å². The molecule has 29 heavy (non-hydrogen) atoms. The van der Waals surface area contributed by atoms with Crippen LogP contribution >= 0.6 is 0 Å². The minimum Gasteiger partial charge on any atom is -0.497 e. The fourth-order valence-electron chi connectivity index (χ4n) is 2.96. The van der Waals surface area contributed by atoms with Crippen LogP contribution in [0, 0.1) is 16.0 Å². The van der Waals surface area contributed by atoms with Crippen LogP contribution in [0.3, 0.4) is 0 Å². The van der Waals surface area contributed by atoms with Crippen LogP contribution in [0.2, 0.25) is 0 Å². The van der Waals surface area contributed by atoms with E-state index in [0.717, 1.165) is 6.07 Å². The normalized spacial score (nSPS) is 15.7. The summed E-state index contributed by atoms with van der Waals surface area (Å²) < 4.78 is 5.15. The number of carbonyl (C=O) groups excluding carboxylic acids is 3. The van der Waals surface area contributed by atoms with Gasteiger partial charge in [-0.05, 0) is 18.2 Å². The van der Waals surface area contributed by atoms with Gasteiger partial charge in [-0.15, -0.1) is 0 Å². The fraction of sp³-hybridized carbons (Fsp3) is 0.211. The summed E-state index contributed by atoms with van der Waals surface area (Å²) in [5.41, 5.74) is 4.90. The lowest BCUT2D eigenvalue weighted by molar-refractivity contribution is -0.384. The SMILES string of the molecule is COc1cccc(N2CC(C(=O)NNC(=O)c3cccc([N+](=O)[O-])c3)CC2=O)c1. The van der Waals surface area contributed by atoms with Gasteiger partial charge in [-0.25, -0.2) is 0 Å². The lowest BCUT2D eigenvalue weighted by Crippen LogP contribution is -2.45. The fourth-order valence-corrected chi connectivity index (χ4v) is 2.96. The number of ether oxygens (including phenoxy) is 1. The lowest BCUT2D eigenvalue weighted by atomic mass is 10.1. The van der Waals surface area contributed by atoms with Crippen LogP contribution in [0.1, 0.15) is 16.8 Å². The molecule has 1 saturated heterocycles. The van der Waals surface area contributed by atoms with Gasteiger partial charge in [0.1, 0.15) is 5.75 Å². The molecule has 0 radical (unpaired) electrons. The number of nitrogens with zero attached hydrogens (tertiary/aromatic N) is 2. The number of anilines is 1. The molecule has 1 aliphatic rings. The van der Waals surface area contributed by atoms with E-state index in [1.807, 2.05) is 0 Å². The molecule has 1 fully saturated rings. The van der Waals surface area contributed by atoms with E-state index in [1.165, 1.54) is 30.2 Å². The predicted octanol–water partition coefficient (Wildman–Crippen LogP) is 1.42. The smallest absolute Gasteiger partial charge is 0.270 e. The largest absolute Gasteiger partial charge is 0.497 e. The lowest BCUT2D eigenvalue weighted by Gasteiger charge is -2.17. The van der Waals surface area contributed by atoms with E-state index >= 15 is 0 Å². The minimum absolute atomic E-state index is 0.00424. The Morgan fingerprint density at radius 1 is 1.17 bits per heavy atom. The molecule has 3 amide bonds. The van der Waals surface area contributed by atoms with Crippen molar-refractivity contribution >= 4 is 29.1 Å². The maximum Gasteiger partial charge on any atom is 0.270 e. The van der Waals surface area contributed by atoms with Crippen LogP contribution in [0.5, 0.6) is 5.75 Å². The summed E-state index contributed by atoms with van der Waals surface area (Å²) in [4.78, 5) is 48.4. The van der Waals surface area contributed by atoms with Crippen molar-refractivity contribution in [1.82, 2.24) is 10.9 Å². The Kier molecular flexibility index (Phi) is 5.72. The Hall–Kier alpha value is -3.95. The van der Waals surface area contributed by atoms with Crippen LogP contribution in [-0.4, -0.2) is 36.3 Å². The van der Waals surface area contributed by atoms with E-state index in [-0.39, 0.29) is 30.1 Å². The topological polar surface area (TPSA) is 131 Å². The van der Waals surface area contributed by atoms with Gasteiger partial charge in [0.25, 0.3) is 11.6 Å². The van der Waals surface area contributed by atoms with Crippen molar-refractivity contribution in [2.24, 2.45) is 5.92 Å². The molecule has 1 heterocycles. The maximum atomic E-state index is 12.4. The molecule has 1 atom stereocenters. The van der Waals surface area contributed by atoms with Gasteiger partial charge in [0.05, 0.1) is 18.0 Å². The first kappa shape index (κ1) is 19.8. The summed E-state index contributed by atoms with van der Waals surface area (Å²) in [6, 6.07) is 12.0. The first-order valence-corrected chi connectivity index (χ1v) is 8.68. The molecule has 10 nitrogen and oxygen atoms in total. The Morgan fingerprint density at radius 3 is 2.66 bits per heavy atom. The third-order valence-electron chi connectivity index (χ3n) is 4.48.